The van der Waals surface area contributed by atoms with Gasteiger partial charge < -0.3 is 9.38 Å². The first kappa shape index (κ1) is 37.2. The normalized spacial score (nSPS) is 13.9. The maximum absolute atomic E-state index is 2.76. The molecule has 2 aliphatic rings. The second-order valence-corrected chi connectivity index (χ2v) is 22.7. The lowest BCUT2D eigenvalue weighted by Crippen LogP contribution is -2.56. The van der Waals surface area contributed by atoms with Gasteiger partial charge in [0.1, 0.15) is 0 Å². The minimum absolute atomic E-state index is 0.00927. The first-order valence-corrected chi connectivity index (χ1v) is 23.4. The van der Waals surface area contributed by atoms with Gasteiger partial charge in [0.2, 0.25) is 0 Å². The average Bonchev–Trinajstić information content (AvgIpc) is 3.91. The summed E-state index contributed by atoms with van der Waals surface area (Å²) in [4.78, 5) is 2.71. The van der Waals surface area contributed by atoms with E-state index in [0.29, 0.717) is 0 Å². The number of thiophene rings is 2. The van der Waals surface area contributed by atoms with Gasteiger partial charge in [-0.2, -0.15) is 0 Å². The Morgan fingerprint density at radius 1 is 0.459 bits per heavy atom. The number of rotatable bonds is 2. The van der Waals surface area contributed by atoms with Crippen LogP contribution in [0.4, 0.5) is 16.4 Å². The molecule has 7 aromatic carbocycles. The third kappa shape index (κ3) is 5.26. The number of fused-ring (bicyclic) bond motifs is 13. The lowest BCUT2D eigenvalue weighted by molar-refractivity contribution is 0.590. The number of nitrogens with zero attached hydrogens (tertiary/aromatic N) is 2. The van der Waals surface area contributed by atoms with Gasteiger partial charge in [-0.1, -0.05) is 141 Å². The molecule has 12 rings (SSSR count). The summed E-state index contributed by atoms with van der Waals surface area (Å²) in [5.74, 6) is 0. The summed E-state index contributed by atoms with van der Waals surface area (Å²) < 4.78 is 6.77. The van der Waals surface area contributed by atoms with Crippen LogP contribution >= 0.6 is 22.7 Å². The molecule has 0 spiro atoms. The van der Waals surface area contributed by atoms with Crippen LogP contribution in [0.25, 0.3) is 74.3 Å². The van der Waals surface area contributed by atoms with Crippen LogP contribution in [-0.4, -0.2) is 11.3 Å². The molecule has 0 aliphatic carbocycles. The fourth-order valence-corrected chi connectivity index (χ4v) is 12.9. The van der Waals surface area contributed by atoms with Gasteiger partial charge in [0.15, 0.2) is 0 Å². The van der Waals surface area contributed by atoms with Crippen LogP contribution in [0.2, 0.25) is 0 Å². The minimum atomic E-state index is -0.0427. The third-order valence-corrected chi connectivity index (χ3v) is 16.0. The van der Waals surface area contributed by atoms with Crippen molar-refractivity contribution in [2.24, 2.45) is 0 Å². The fourth-order valence-electron chi connectivity index (χ4n) is 10.4. The quantitative estimate of drug-likeness (QED) is 0.158. The molecule has 0 saturated carbocycles. The molecule has 2 aliphatic heterocycles. The van der Waals surface area contributed by atoms with Gasteiger partial charge >= 0.3 is 6.85 Å². The highest BCUT2D eigenvalue weighted by atomic mass is 32.1. The number of hydrogen-bond donors (Lipinski definition) is 0. The molecule has 0 bridgehead atoms. The van der Waals surface area contributed by atoms with Crippen LogP contribution in [0.15, 0.2) is 133 Å². The van der Waals surface area contributed by atoms with Crippen molar-refractivity contribution in [2.75, 3.05) is 4.90 Å². The van der Waals surface area contributed by atoms with E-state index in [0.717, 1.165) is 0 Å². The predicted octanol–water partition coefficient (Wildman–Crippen LogP) is 15.4. The lowest BCUT2D eigenvalue weighted by atomic mass is 9.45. The van der Waals surface area contributed by atoms with Crippen molar-refractivity contribution < 1.29 is 0 Å². The van der Waals surface area contributed by atoms with Crippen molar-refractivity contribution in [3.8, 4) is 22.3 Å². The molecule has 298 valence electrons. The molecule has 5 heterocycles. The number of aromatic nitrogens is 1. The van der Waals surface area contributed by atoms with Gasteiger partial charge in [-0.05, 0) is 115 Å². The van der Waals surface area contributed by atoms with Crippen LogP contribution in [0.3, 0.4) is 0 Å². The minimum Gasteiger partial charge on any atom is -0.375 e. The molecule has 0 atom stereocenters. The molecule has 0 amide bonds. The van der Waals surface area contributed by atoms with Gasteiger partial charge in [-0.25, -0.2) is 0 Å². The van der Waals surface area contributed by atoms with E-state index in [9.17, 15) is 0 Å². The Hall–Kier alpha value is -5.62. The van der Waals surface area contributed by atoms with Gasteiger partial charge in [0.05, 0.1) is 21.1 Å². The highest BCUT2D eigenvalue weighted by Crippen LogP contribution is 2.55. The summed E-state index contributed by atoms with van der Waals surface area (Å²) in [6, 6.07) is 51.6. The molecular formula is C56H49BN2S2. The Bertz CT molecular complexity index is 3490. The standard InChI is InChI=1S/C56H49BN2S2/c1-54(2,3)33-23-25-44(38(27-33)32-17-11-10-12-18-32)58-51-48-40(31-43-36-19-13-15-21-46(36)60-52(43)51)42-30-35(56(7,8)9)29-41-39-28-34(55(4,5)6)24-26-45(39)59(50(41)42)57(48)49-37-20-14-16-22-47(37)61-53(49)58/h10-31H,1-9H3. The SMILES string of the molecule is CC(C)(C)c1ccc(N2c3sc4ccccc4c3B3c4c(cc5c(sc6ccccc65)c42)-c2cc(C(C)(C)C)cc4c5cc(C(C)(C)C)ccc5n3c24)c(-c2ccccc2)c1. The first-order valence-electron chi connectivity index (χ1n) is 21.8. The lowest BCUT2D eigenvalue weighted by Gasteiger charge is -2.40. The molecule has 2 nitrogen and oxygen atoms in total. The fraction of sp³-hybridized carbons (Fsp3) is 0.214. The molecule has 0 saturated heterocycles. The van der Waals surface area contributed by atoms with Crippen molar-refractivity contribution >= 4 is 109 Å². The zero-order chi connectivity index (χ0) is 41.9. The average molecular weight is 825 g/mol. The van der Waals surface area contributed by atoms with Crippen molar-refractivity contribution in [1.82, 2.24) is 4.48 Å². The topological polar surface area (TPSA) is 8.17 Å². The summed E-state index contributed by atoms with van der Waals surface area (Å²) in [5.41, 5.74) is 17.3. The summed E-state index contributed by atoms with van der Waals surface area (Å²) >= 11 is 3.91. The van der Waals surface area contributed by atoms with E-state index in [-0.39, 0.29) is 23.1 Å². The van der Waals surface area contributed by atoms with Gasteiger partial charge in [0.25, 0.3) is 0 Å². The van der Waals surface area contributed by atoms with Crippen LogP contribution < -0.4 is 15.8 Å². The molecule has 5 heteroatoms. The number of benzene rings is 7. The molecule has 3 aromatic heterocycles. The van der Waals surface area contributed by atoms with E-state index >= 15 is 0 Å². The van der Waals surface area contributed by atoms with Gasteiger partial charge in [0, 0.05) is 53.1 Å². The van der Waals surface area contributed by atoms with Crippen molar-refractivity contribution in [2.45, 2.75) is 78.6 Å². The Balaban J connectivity index is 1.31. The molecule has 0 radical (unpaired) electrons. The summed E-state index contributed by atoms with van der Waals surface area (Å²) in [6.07, 6.45) is 0. The van der Waals surface area contributed by atoms with Crippen LogP contribution in [0.1, 0.15) is 79.0 Å². The molecule has 0 fully saturated rings. The van der Waals surface area contributed by atoms with E-state index in [1.165, 1.54) is 118 Å². The zero-order valence-electron chi connectivity index (χ0n) is 36.5. The highest BCUT2D eigenvalue weighted by molar-refractivity contribution is 7.28. The van der Waals surface area contributed by atoms with Crippen LogP contribution in [0.5, 0.6) is 0 Å². The van der Waals surface area contributed by atoms with Gasteiger partial charge in [-0.3, -0.25) is 0 Å². The Morgan fingerprint density at radius 2 is 1.07 bits per heavy atom. The predicted molar refractivity (Wildman–Crippen MR) is 270 cm³/mol. The van der Waals surface area contributed by atoms with Crippen molar-refractivity contribution in [3.63, 3.8) is 0 Å². The van der Waals surface area contributed by atoms with Crippen LogP contribution in [0, 0.1) is 0 Å². The molecule has 0 unspecified atom stereocenters. The van der Waals surface area contributed by atoms with Crippen molar-refractivity contribution in [1.29, 1.82) is 0 Å². The van der Waals surface area contributed by atoms with E-state index in [2.05, 4.69) is 205 Å². The van der Waals surface area contributed by atoms with E-state index in [1.54, 1.807) is 0 Å². The first-order chi connectivity index (χ1) is 29.2. The maximum Gasteiger partial charge on any atom is 0.334 e. The molecule has 10 aromatic rings. The van der Waals surface area contributed by atoms with E-state index < -0.39 is 0 Å². The molecular weight excluding hydrogens is 776 g/mol. The Kier molecular flexibility index (Phi) is 7.61. The monoisotopic (exact) mass is 824 g/mol. The summed E-state index contributed by atoms with van der Waals surface area (Å²) in [5, 5.41) is 8.03. The number of hydrogen-bond acceptors (Lipinski definition) is 3. The van der Waals surface area contributed by atoms with Crippen LogP contribution in [-0.2, 0) is 16.2 Å². The number of anilines is 3. The summed E-state index contributed by atoms with van der Waals surface area (Å²) in [6.45, 7) is 21.1. The zero-order valence-corrected chi connectivity index (χ0v) is 38.1. The Morgan fingerprint density at radius 3 is 1.79 bits per heavy atom. The maximum atomic E-state index is 2.76. The smallest absolute Gasteiger partial charge is 0.334 e. The summed E-state index contributed by atoms with van der Waals surface area (Å²) in [7, 11) is 0. The Labute approximate surface area is 367 Å². The second kappa shape index (κ2) is 12.5. The van der Waals surface area contributed by atoms with Gasteiger partial charge in [-0.15, -0.1) is 22.7 Å². The highest BCUT2D eigenvalue weighted by Gasteiger charge is 2.47. The van der Waals surface area contributed by atoms with E-state index in [1.807, 2.05) is 22.7 Å². The molecule has 61 heavy (non-hydrogen) atoms. The third-order valence-electron chi connectivity index (χ3n) is 13.6. The van der Waals surface area contributed by atoms with Crippen molar-refractivity contribution in [3.05, 3.63) is 150 Å². The van der Waals surface area contributed by atoms with E-state index in [4.69, 9.17) is 0 Å². The largest absolute Gasteiger partial charge is 0.375 e. The second-order valence-electron chi connectivity index (χ2n) is 20.6. The molecule has 0 N–H and O–H groups in total.